The fourth-order valence-electron chi connectivity index (χ4n) is 8.40. The van der Waals surface area contributed by atoms with Crippen molar-refractivity contribution in [3.8, 4) is 50.2 Å². The molecule has 0 atom stereocenters. The Morgan fingerprint density at radius 2 is 0.793 bits per heavy atom. The molecule has 58 heavy (non-hydrogen) atoms. The number of benzene rings is 8. The van der Waals surface area contributed by atoms with Crippen molar-refractivity contribution in [2.45, 2.75) is 6.54 Å². The number of aromatic nitrogens is 2. The van der Waals surface area contributed by atoms with E-state index in [1.54, 1.807) is 6.08 Å². The van der Waals surface area contributed by atoms with E-state index in [1.165, 1.54) is 88.1 Å². The van der Waals surface area contributed by atoms with Crippen molar-refractivity contribution in [1.29, 1.82) is 0 Å². The third-order valence-corrected chi connectivity index (χ3v) is 11.2. The summed E-state index contributed by atoms with van der Waals surface area (Å²) in [7, 11) is 0. The maximum Gasteiger partial charge on any atom is 0.0541 e. The summed E-state index contributed by atoms with van der Waals surface area (Å²) in [5, 5.41) is 4.99. The molecule has 0 aliphatic rings. The van der Waals surface area contributed by atoms with Crippen LogP contribution in [0.4, 0.5) is 0 Å². The Labute approximate surface area is 346 Å². The van der Waals surface area contributed by atoms with Crippen molar-refractivity contribution >= 4 is 57.1 Å². The Balaban J connectivity index is 0.00000436. The number of rotatable bonds is 9. The van der Waals surface area contributed by atoms with Crippen LogP contribution in [0.3, 0.4) is 0 Å². The number of nitrogens with zero attached hydrogens (tertiary/aromatic N) is 2. The molecule has 0 saturated heterocycles. The Bertz CT molecular complexity index is 3130. The summed E-state index contributed by atoms with van der Waals surface area (Å²) in [5.41, 5.74) is 15.7. The zero-order valence-corrected chi connectivity index (χ0v) is 33.1. The van der Waals surface area contributed by atoms with Crippen LogP contribution in [0.2, 0.25) is 0 Å². The zero-order valence-electron chi connectivity index (χ0n) is 32.1. The summed E-state index contributed by atoms with van der Waals surface area (Å²) >= 11 is 0. The van der Waals surface area contributed by atoms with E-state index < -0.39 is 0 Å². The van der Waals surface area contributed by atoms with E-state index in [4.69, 9.17) is 0 Å². The van der Waals surface area contributed by atoms with Crippen molar-refractivity contribution in [3.63, 3.8) is 0 Å². The van der Waals surface area contributed by atoms with Gasteiger partial charge in [0, 0.05) is 39.3 Å². The second-order valence-electron chi connectivity index (χ2n) is 14.6. The molecule has 2 nitrogen and oxygen atoms in total. The third-order valence-electron chi connectivity index (χ3n) is 11.2. The summed E-state index contributed by atoms with van der Waals surface area (Å²) in [6.45, 7) is 4.57. The molecule has 278 valence electrons. The topological polar surface area (TPSA) is 9.86 Å². The zero-order chi connectivity index (χ0) is 38.1. The van der Waals surface area contributed by atoms with Crippen LogP contribution in [0, 0.1) is 0 Å². The molecule has 2 aromatic heterocycles. The molecule has 0 N–H and O–H groups in total. The van der Waals surface area contributed by atoms with Gasteiger partial charge in [-0.2, -0.15) is 13.5 Å². The van der Waals surface area contributed by atoms with Gasteiger partial charge < -0.3 is 9.13 Å². The van der Waals surface area contributed by atoms with Crippen molar-refractivity contribution in [2.24, 2.45) is 0 Å². The van der Waals surface area contributed by atoms with Gasteiger partial charge in [0.1, 0.15) is 0 Å². The van der Waals surface area contributed by atoms with Gasteiger partial charge in [-0.05, 0) is 99.1 Å². The highest BCUT2D eigenvalue weighted by atomic mass is 32.1. The lowest BCUT2D eigenvalue weighted by Crippen LogP contribution is -1.95. The molecule has 0 radical (unpaired) electrons. The summed E-state index contributed by atoms with van der Waals surface area (Å²) in [6, 6.07) is 68.6. The van der Waals surface area contributed by atoms with Gasteiger partial charge in [0.25, 0.3) is 0 Å². The average molecular weight is 763 g/mol. The van der Waals surface area contributed by atoms with Gasteiger partial charge in [0.15, 0.2) is 0 Å². The lowest BCUT2D eigenvalue weighted by Gasteiger charge is -2.10. The molecular weight excluding hydrogens is 721 g/mol. The predicted octanol–water partition coefficient (Wildman–Crippen LogP) is 15.0. The van der Waals surface area contributed by atoms with Crippen LogP contribution in [-0.2, 0) is 6.54 Å². The molecule has 8 aromatic carbocycles. The first-order valence-electron chi connectivity index (χ1n) is 19.6. The van der Waals surface area contributed by atoms with Crippen LogP contribution >= 0.6 is 13.5 Å². The van der Waals surface area contributed by atoms with E-state index in [0.29, 0.717) is 0 Å². The van der Waals surface area contributed by atoms with Crippen LogP contribution in [-0.4, -0.2) is 9.13 Å². The van der Waals surface area contributed by atoms with Gasteiger partial charge in [-0.1, -0.05) is 170 Å². The molecule has 3 heteroatoms. The Kier molecular flexibility index (Phi) is 9.97. The molecule has 10 rings (SSSR count). The first-order chi connectivity index (χ1) is 28.2. The fraction of sp³-hybridized carbons (Fsp3) is 0.0182. The summed E-state index contributed by atoms with van der Waals surface area (Å²) in [6.07, 6.45) is 10.1. The molecule has 0 spiro atoms. The molecule has 0 aliphatic carbocycles. The van der Waals surface area contributed by atoms with E-state index in [1.807, 2.05) is 12.2 Å². The Morgan fingerprint density at radius 3 is 1.34 bits per heavy atom. The third kappa shape index (κ3) is 6.66. The molecule has 0 unspecified atom stereocenters. The predicted molar refractivity (Wildman–Crippen MR) is 254 cm³/mol. The maximum atomic E-state index is 3.81. The summed E-state index contributed by atoms with van der Waals surface area (Å²) in [5.74, 6) is 0. The molecule has 10 aromatic rings. The van der Waals surface area contributed by atoms with Crippen molar-refractivity contribution in [2.75, 3.05) is 0 Å². The van der Waals surface area contributed by atoms with Crippen molar-refractivity contribution in [3.05, 3.63) is 225 Å². The molecule has 0 aliphatic heterocycles. The van der Waals surface area contributed by atoms with Gasteiger partial charge in [0.2, 0.25) is 0 Å². The number of fused-ring (bicyclic) bond motifs is 6. The highest BCUT2D eigenvalue weighted by Crippen LogP contribution is 2.40. The Morgan fingerprint density at radius 1 is 0.362 bits per heavy atom. The van der Waals surface area contributed by atoms with Crippen LogP contribution in [0.15, 0.2) is 225 Å². The SMILES string of the molecule is C=C/C=C\C=C/Cn1c2ccc(-c3ccc4c(c3)c3cc(-c5ccccc5)ccc3n4-c3ccc(-c4ccccc4)cc3)cc2c2ccc(-c3ccccc3)cc21.S. The Hall–Kier alpha value is -7.07. The van der Waals surface area contributed by atoms with Crippen molar-refractivity contribution in [1.82, 2.24) is 9.13 Å². The highest BCUT2D eigenvalue weighted by Gasteiger charge is 2.17. The number of hydrogen-bond donors (Lipinski definition) is 0. The van der Waals surface area contributed by atoms with Crippen molar-refractivity contribution < 1.29 is 0 Å². The normalized spacial score (nSPS) is 11.7. The van der Waals surface area contributed by atoms with Crippen LogP contribution in [0.25, 0.3) is 93.8 Å². The van der Waals surface area contributed by atoms with Gasteiger partial charge in [0.05, 0.1) is 16.6 Å². The molecule has 0 bridgehead atoms. The van der Waals surface area contributed by atoms with Gasteiger partial charge in [-0.3, -0.25) is 0 Å². The van der Waals surface area contributed by atoms with E-state index in [-0.39, 0.29) is 13.5 Å². The molecular formula is C55H42N2S. The number of allylic oxidation sites excluding steroid dienone is 5. The number of hydrogen-bond acceptors (Lipinski definition) is 0. The maximum absolute atomic E-state index is 3.81. The standard InChI is InChI=1S/C55H40N2.H2S/c1-2-3-4-5-15-34-56-52-31-25-44(36-49(52)48-30-24-46(38-55(48)56)41-20-13-8-14-21-41)45-27-33-54-51(37-45)50-35-43(40-18-11-7-12-19-40)26-32-53(50)57(54)47-28-22-42(23-29-47)39-16-9-6-10-17-39;/h2-33,35-38H,1,34H2;1H2/b4-3-,15-5-;. The van der Waals surface area contributed by atoms with E-state index >= 15 is 0 Å². The summed E-state index contributed by atoms with van der Waals surface area (Å²) < 4.78 is 4.85. The van der Waals surface area contributed by atoms with E-state index in [2.05, 4.69) is 216 Å². The first-order valence-corrected chi connectivity index (χ1v) is 19.6. The molecule has 0 amide bonds. The lowest BCUT2D eigenvalue weighted by atomic mass is 9.99. The van der Waals surface area contributed by atoms with Gasteiger partial charge >= 0.3 is 0 Å². The first kappa shape index (κ1) is 36.6. The lowest BCUT2D eigenvalue weighted by molar-refractivity contribution is 0.899. The van der Waals surface area contributed by atoms with Crippen LogP contribution in [0.5, 0.6) is 0 Å². The minimum atomic E-state index is 0. The van der Waals surface area contributed by atoms with E-state index in [0.717, 1.165) is 12.2 Å². The molecule has 0 fully saturated rings. The second-order valence-corrected chi connectivity index (χ2v) is 14.6. The fourth-order valence-corrected chi connectivity index (χ4v) is 8.40. The second kappa shape index (κ2) is 15.8. The minimum absolute atomic E-state index is 0. The monoisotopic (exact) mass is 762 g/mol. The quantitative estimate of drug-likeness (QED) is 0.130. The smallest absolute Gasteiger partial charge is 0.0541 e. The van der Waals surface area contributed by atoms with Crippen LogP contribution < -0.4 is 0 Å². The summed E-state index contributed by atoms with van der Waals surface area (Å²) in [4.78, 5) is 0. The minimum Gasteiger partial charge on any atom is -0.337 e. The molecule has 0 saturated carbocycles. The van der Waals surface area contributed by atoms with E-state index in [9.17, 15) is 0 Å². The highest BCUT2D eigenvalue weighted by molar-refractivity contribution is 7.59. The van der Waals surface area contributed by atoms with Gasteiger partial charge in [-0.15, -0.1) is 0 Å². The largest absolute Gasteiger partial charge is 0.337 e. The van der Waals surface area contributed by atoms with Gasteiger partial charge in [-0.25, -0.2) is 0 Å². The average Bonchev–Trinajstić information content (AvgIpc) is 3.78. The van der Waals surface area contributed by atoms with Crippen LogP contribution in [0.1, 0.15) is 0 Å². The molecule has 2 heterocycles.